The van der Waals surface area contributed by atoms with Crippen LogP contribution in [0.2, 0.25) is 0 Å². The second kappa shape index (κ2) is 5.76. The Bertz CT molecular complexity index is 875. The zero-order valence-corrected chi connectivity index (χ0v) is 12.1. The molecule has 0 unspecified atom stereocenters. The van der Waals surface area contributed by atoms with Crippen LogP contribution in [0.3, 0.4) is 0 Å². The maximum atomic E-state index is 10.9. The number of nitro benzene ring substituents is 1. The molecule has 1 aromatic heterocycles. The molecule has 0 aliphatic carbocycles. The van der Waals surface area contributed by atoms with Crippen LogP contribution in [0.1, 0.15) is 0 Å². The molecule has 0 bridgehead atoms. The average Bonchev–Trinajstić information content (AvgIpc) is 3.05. The average molecular weight is 312 g/mol. The summed E-state index contributed by atoms with van der Waals surface area (Å²) in [6.07, 6.45) is 0. The Morgan fingerprint density at radius 1 is 1.22 bits per heavy atom. The summed E-state index contributed by atoms with van der Waals surface area (Å²) in [5.74, 6) is 1.08. The van der Waals surface area contributed by atoms with Gasteiger partial charge in [0, 0.05) is 17.2 Å². The summed E-state index contributed by atoms with van der Waals surface area (Å²) < 4.78 is 5.15. The number of aromatic hydroxyl groups is 1. The highest BCUT2D eigenvalue weighted by atomic mass is 16.6. The predicted molar refractivity (Wildman–Crippen MR) is 82.1 cm³/mol. The zero-order valence-electron chi connectivity index (χ0n) is 12.1. The van der Waals surface area contributed by atoms with Gasteiger partial charge in [0.2, 0.25) is 0 Å². The Labute approximate surface area is 130 Å². The molecule has 0 aliphatic heterocycles. The number of aromatic amines is 1. The molecule has 116 valence electrons. The van der Waals surface area contributed by atoms with Crippen molar-refractivity contribution in [3.8, 4) is 34.3 Å². The highest BCUT2D eigenvalue weighted by molar-refractivity contribution is 5.66. The summed E-state index contributed by atoms with van der Waals surface area (Å²) in [5, 5.41) is 27.2. The number of phenolic OH excluding ortho intramolecular Hbond substituents is 1. The van der Waals surface area contributed by atoms with E-state index in [1.54, 1.807) is 19.2 Å². The lowest BCUT2D eigenvalue weighted by Gasteiger charge is -2.00. The number of methoxy groups -OCH3 is 1. The Morgan fingerprint density at radius 2 is 2.04 bits per heavy atom. The van der Waals surface area contributed by atoms with Crippen LogP contribution in [0.5, 0.6) is 11.5 Å². The van der Waals surface area contributed by atoms with E-state index in [2.05, 4.69) is 15.2 Å². The van der Waals surface area contributed by atoms with Crippen LogP contribution in [-0.2, 0) is 0 Å². The molecule has 3 aromatic rings. The molecule has 0 amide bonds. The molecular weight excluding hydrogens is 300 g/mol. The van der Waals surface area contributed by atoms with E-state index in [1.807, 2.05) is 12.1 Å². The van der Waals surface area contributed by atoms with Crippen molar-refractivity contribution in [1.29, 1.82) is 0 Å². The highest BCUT2D eigenvalue weighted by Gasteiger charge is 2.16. The van der Waals surface area contributed by atoms with Crippen LogP contribution in [0.15, 0.2) is 42.5 Å². The number of nitrogens with zero attached hydrogens (tertiary/aromatic N) is 3. The molecule has 8 heteroatoms. The monoisotopic (exact) mass is 312 g/mol. The third-order valence-electron chi connectivity index (χ3n) is 3.26. The first-order valence-corrected chi connectivity index (χ1v) is 6.63. The second-order valence-electron chi connectivity index (χ2n) is 4.70. The molecule has 0 aliphatic rings. The third-order valence-corrected chi connectivity index (χ3v) is 3.26. The molecule has 0 radical (unpaired) electrons. The Balaban J connectivity index is 1.99. The van der Waals surface area contributed by atoms with Gasteiger partial charge in [0.15, 0.2) is 17.4 Å². The molecule has 0 spiro atoms. The molecule has 0 saturated carbocycles. The van der Waals surface area contributed by atoms with Crippen molar-refractivity contribution in [2.24, 2.45) is 0 Å². The smallest absolute Gasteiger partial charge is 0.311 e. The lowest BCUT2D eigenvalue weighted by Crippen LogP contribution is -1.90. The van der Waals surface area contributed by atoms with Crippen molar-refractivity contribution in [3.63, 3.8) is 0 Å². The van der Waals surface area contributed by atoms with Crippen LogP contribution < -0.4 is 4.74 Å². The maximum absolute atomic E-state index is 10.9. The van der Waals surface area contributed by atoms with E-state index in [1.165, 1.54) is 18.2 Å². The fraction of sp³-hybridized carbons (Fsp3) is 0.0667. The number of nitrogens with one attached hydrogen (secondary N) is 1. The minimum atomic E-state index is -0.655. The van der Waals surface area contributed by atoms with E-state index in [9.17, 15) is 15.2 Å². The Morgan fingerprint density at radius 3 is 2.78 bits per heavy atom. The number of ether oxygens (including phenoxy) is 1. The van der Waals surface area contributed by atoms with E-state index in [4.69, 9.17) is 4.74 Å². The van der Waals surface area contributed by atoms with Crippen molar-refractivity contribution in [3.05, 3.63) is 52.6 Å². The number of hydrogen-bond donors (Lipinski definition) is 2. The SMILES string of the molecule is COc1cccc(-c2n[nH]c(-c3ccc(O)c([N+](=O)[O-])c3)n2)c1. The van der Waals surface area contributed by atoms with E-state index in [0.717, 1.165) is 5.56 Å². The van der Waals surface area contributed by atoms with E-state index >= 15 is 0 Å². The van der Waals surface area contributed by atoms with Gasteiger partial charge in [-0.2, -0.15) is 5.10 Å². The first kappa shape index (κ1) is 14.5. The summed E-state index contributed by atoms with van der Waals surface area (Å²) in [6, 6.07) is 11.3. The Kier molecular flexibility index (Phi) is 3.63. The molecule has 0 atom stereocenters. The number of aromatic nitrogens is 3. The fourth-order valence-corrected chi connectivity index (χ4v) is 2.10. The molecule has 23 heavy (non-hydrogen) atoms. The first-order valence-electron chi connectivity index (χ1n) is 6.63. The molecule has 0 fully saturated rings. The van der Waals surface area contributed by atoms with Gasteiger partial charge in [0.25, 0.3) is 0 Å². The standard InChI is InChI=1S/C15H12N4O4/c1-23-11-4-2-3-9(7-11)14-16-15(18-17-14)10-5-6-13(20)12(8-10)19(21)22/h2-8,20H,1H3,(H,16,17,18). The van der Waals surface area contributed by atoms with Crippen molar-refractivity contribution >= 4 is 5.69 Å². The molecule has 2 aromatic carbocycles. The molecule has 0 saturated heterocycles. The summed E-state index contributed by atoms with van der Waals surface area (Å²) in [4.78, 5) is 14.6. The minimum Gasteiger partial charge on any atom is -0.502 e. The Hall–Kier alpha value is -3.42. The van der Waals surface area contributed by atoms with E-state index in [0.29, 0.717) is 23.0 Å². The minimum absolute atomic E-state index is 0.367. The topological polar surface area (TPSA) is 114 Å². The summed E-state index contributed by atoms with van der Waals surface area (Å²) in [7, 11) is 1.57. The second-order valence-corrected chi connectivity index (χ2v) is 4.70. The number of rotatable bonds is 4. The largest absolute Gasteiger partial charge is 0.502 e. The van der Waals surface area contributed by atoms with Crippen LogP contribution in [-0.4, -0.2) is 32.3 Å². The van der Waals surface area contributed by atoms with Gasteiger partial charge in [-0.15, -0.1) is 0 Å². The maximum Gasteiger partial charge on any atom is 0.311 e. The van der Waals surface area contributed by atoms with Crippen LogP contribution in [0.25, 0.3) is 22.8 Å². The van der Waals surface area contributed by atoms with Crippen molar-refractivity contribution in [2.45, 2.75) is 0 Å². The first-order chi connectivity index (χ1) is 11.1. The number of benzene rings is 2. The summed E-state index contributed by atoms with van der Waals surface area (Å²) in [6.45, 7) is 0. The zero-order chi connectivity index (χ0) is 16.4. The number of H-pyrrole nitrogens is 1. The lowest BCUT2D eigenvalue weighted by atomic mass is 10.1. The molecular formula is C15H12N4O4. The van der Waals surface area contributed by atoms with E-state index < -0.39 is 10.7 Å². The third kappa shape index (κ3) is 2.82. The number of phenols is 1. The fourth-order valence-electron chi connectivity index (χ4n) is 2.10. The van der Waals surface area contributed by atoms with Crippen molar-refractivity contribution < 1.29 is 14.8 Å². The van der Waals surface area contributed by atoms with Crippen molar-refractivity contribution in [1.82, 2.24) is 15.2 Å². The van der Waals surface area contributed by atoms with Crippen molar-refractivity contribution in [2.75, 3.05) is 7.11 Å². The number of hydrogen-bond acceptors (Lipinski definition) is 6. The van der Waals surface area contributed by atoms with Crippen LogP contribution in [0.4, 0.5) is 5.69 Å². The summed E-state index contributed by atoms with van der Waals surface area (Å²) in [5.41, 5.74) is 0.818. The van der Waals surface area contributed by atoms with E-state index in [-0.39, 0.29) is 5.69 Å². The van der Waals surface area contributed by atoms with Gasteiger partial charge in [-0.1, -0.05) is 12.1 Å². The molecule has 1 heterocycles. The molecule has 3 rings (SSSR count). The van der Waals surface area contributed by atoms with Gasteiger partial charge in [-0.05, 0) is 24.3 Å². The normalized spacial score (nSPS) is 10.5. The van der Waals surface area contributed by atoms with Gasteiger partial charge in [0.1, 0.15) is 5.75 Å². The van der Waals surface area contributed by atoms with Crippen LogP contribution in [0, 0.1) is 10.1 Å². The molecule has 8 nitrogen and oxygen atoms in total. The van der Waals surface area contributed by atoms with Crippen LogP contribution >= 0.6 is 0 Å². The van der Waals surface area contributed by atoms with Gasteiger partial charge >= 0.3 is 5.69 Å². The lowest BCUT2D eigenvalue weighted by molar-refractivity contribution is -0.385. The predicted octanol–water partition coefficient (Wildman–Crippen LogP) is 2.76. The number of nitro groups is 1. The van der Waals surface area contributed by atoms with Gasteiger partial charge in [0.05, 0.1) is 12.0 Å². The quantitative estimate of drug-likeness (QED) is 0.565. The highest BCUT2D eigenvalue weighted by Crippen LogP contribution is 2.30. The van der Waals surface area contributed by atoms with Gasteiger partial charge in [-0.25, -0.2) is 4.98 Å². The molecule has 2 N–H and O–H groups in total. The summed E-state index contributed by atoms with van der Waals surface area (Å²) >= 11 is 0. The van der Waals surface area contributed by atoms with Gasteiger partial charge < -0.3 is 9.84 Å². The van der Waals surface area contributed by atoms with Gasteiger partial charge in [-0.3, -0.25) is 15.2 Å².